The second-order valence-corrected chi connectivity index (χ2v) is 7.50. The molecule has 2 fully saturated rings. The Balaban J connectivity index is 1.44. The van der Waals surface area contributed by atoms with Gasteiger partial charge in [0.05, 0.1) is 0 Å². The van der Waals surface area contributed by atoms with Crippen LogP contribution in [0.5, 0.6) is 0 Å². The number of amides is 1. The van der Waals surface area contributed by atoms with Gasteiger partial charge in [0.2, 0.25) is 5.91 Å². The first-order valence-corrected chi connectivity index (χ1v) is 9.69. The Labute approximate surface area is 153 Å². The lowest BCUT2D eigenvalue weighted by Crippen LogP contribution is -2.44. The highest BCUT2D eigenvalue weighted by atomic mass is 35.5. The molecular formula is C20H24ClN3O. The molecule has 2 aliphatic heterocycles. The minimum Gasteiger partial charge on any atom is -0.357 e. The van der Waals surface area contributed by atoms with Crippen molar-refractivity contribution in [3.05, 3.63) is 35.5 Å². The van der Waals surface area contributed by atoms with Crippen molar-refractivity contribution in [3.63, 3.8) is 0 Å². The molecule has 0 bridgehead atoms. The topological polar surface area (TPSA) is 36.4 Å². The van der Waals surface area contributed by atoms with Crippen LogP contribution in [0.2, 0.25) is 5.15 Å². The number of nitrogens with zero attached hydrogens (tertiary/aromatic N) is 3. The zero-order chi connectivity index (χ0) is 17.2. The summed E-state index contributed by atoms with van der Waals surface area (Å²) in [7, 11) is 0. The summed E-state index contributed by atoms with van der Waals surface area (Å²) in [6.45, 7) is 3.62. The van der Waals surface area contributed by atoms with E-state index in [2.05, 4.69) is 26.9 Å². The maximum Gasteiger partial charge on any atom is 0.225 e. The van der Waals surface area contributed by atoms with Crippen molar-refractivity contribution in [1.29, 1.82) is 0 Å². The van der Waals surface area contributed by atoms with Gasteiger partial charge in [-0.25, -0.2) is 4.98 Å². The van der Waals surface area contributed by atoms with Crippen LogP contribution in [0.15, 0.2) is 30.3 Å². The smallest absolute Gasteiger partial charge is 0.225 e. The van der Waals surface area contributed by atoms with Crippen molar-refractivity contribution in [1.82, 2.24) is 9.88 Å². The van der Waals surface area contributed by atoms with E-state index in [0.29, 0.717) is 11.1 Å². The fraction of sp³-hybridized carbons (Fsp3) is 0.500. The summed E-state index contributed by atoms with van der Waals surface area (Å²) in [6.07, 6.45) is 5.38. The molecular weight excluding hydrogens is 334 g/mol. The van der Waals surface area contributed by atoms with E-state index in [-0.39, 0.29) is 5.92 Å². The number of benzene rings is 1. The molecule has 4 rings (SSSR count). The summed E-state index contributed by atoms with van der Waals surface area (Å²) in [6, 6.07) is 10.2. The molecule has 0 N–H and O–H groups in total. The Morgan fingerprint density at radius 1 is 1.04 bits per heavy atom. The number of hydrogen-bond donors (Lipinski definition) is 0. The van der Waals surface area contributed by atoms with Crippen LogP contribution >= 0.6 is 11.6 Å². The van der Waals surface area contributed by atoms with Crippen molar-refractivity contribution in [3.8, 4) is 0 Å². The number of carbonyl (C=O) groups is 1. The Bertz CT molecular complexity index is 765. The van der Waals surface area contributed by atoms with Gasteiger partial charge in [-0.15, -0.1) is 0 Å². The minimum absolute atomic E-state index is 0.172. The summed E-state index contributed by atoms with van der Waals surface area (Å²) in [5.41, 5.74) is 0. The third-order valence-corrected chi connectivity index (χ3v) is 5.80. The summed E-state index contributed by atoms with van der Waals surface area (Å²) >= 11 is 6.36. The van der Waals surface area contributed by atoms with Crippen LogP contribution in [-0.4, -0.2) is 42.0 Å². The molecule has 5 heteroatoms. The van der Waals surface area contributed by atoms with Gasteiger partial charge in [-0.1, -0.05) is 35.9 Å². The van der Waals surface area contributed by atoms with Crippen LogP contribution in [0.25, 0.3) is 10.8 Å². The van der Waals surface area contributed by atoms with Crippen LogP contribution in [0.4, 0.5) is 5.82 Å². The van der Waals surface area contributed by atoms with Crippen LogP contribution in [0.1, 0.15) is 32.1 Å². The molecule has 0 spiro atoms. The van der Waals surface area contributed by atoms with E-state index in [0.717, 1.165) is 68.5 Å². The highest BCUT2D eigenvalue weighted by molar-refractivity contribution is 6.34. The first-order valence-electron chi connectivity index (χ1n) is 9.31. The van der Waals surface area contributed by atoms with Gasteiger partial charge in [-0.2, -0.15) is 0 Å². The summed E-state index contributed by atoms with van der Waals surface area (Å²) < 4.78 is 0. The molecule has 1 amide bonds. The molecule has 132 valence electrons. The molecule has 3 heterocycles. The quantitative estimate of drug-likeness (QED) is 0.759. The minimum atomic E-state index is 0.172. The molecule has 4 nitrogen and oxygen atoms in total. The van der Waals surface area contributed by atoms with Crippen molar-refractivity contribution < 1.29 is 4.79 Å². The Hall–Kier alpha value is -1.81. The molecule has 0 atom stereocenters. The zero-order valence-electron chi connectivity index (χ0n) is 14.5. The van der Waals surface area contributed by atoms with E-state index in [9.17, 15) is 4.79 Å². The van der Waals surface area contributed by atoms with Crippen molar-refractivity contribution in [2.45, 2.75) is 32.1 Å². The Morgan fingerprint density at radius 2 is 1.76 bits per heavy atom. The van der Waals surface area contributed by atoms with Crippen molar-refractivity contribution in [2.75, 3.05) is 31.1 Å². The second-order valence-electron chi connectivity index (χ2n) is 7.14. The molecule has 0 radical (unpaired) electrons. The fourth-order valence-corrected chi connectivity index (χ4v) is 4.29. The van der Waals surface area contributed by atoms with E-state index < -0.39 is 0 Å². The van der Waals surface area contributed by atoms with Gasteiger partial charge >= 0.3 is 0 Å². The summed E-state index contributed by atoms with van der Waals surface area (Å²) in [5, 5.41) is 2.66. The number of hydrogen-bond acceptors (Lipinski definition) is 3. The SMILES string of the molecule is O=C(C1CCN(c2cc3ccccc3c(Cl)n2)CC1)N1CCCCC1. The van der Waals surface area contributed by atoms with Gasteiger partial charge in [0.25, 0.3) is 0 Å². The lowest BCUT2D eigenvalue weighted by atomic mass is 9.94. The standard InChI is InChI=1S/C20H24ClN3O/c21-19-17-7-3-2-6-16(17)14-18(22-19)23-12-8-15(9-13-23)20(25)24-10-4-1-5-11-24/h2-3,6-7,14-15H,1,4-5,8-13H2. The summed E-state index contributed by atoms with van der Waals surface area (Å²) in [5.74, 6) is 1.46. The van der Waals surface area contributed by atoms with Crippen LogP contribution in [0.3, 0.4) is 0 Å². The molecule has 0 unspecified atom stereocenters. The largest absolute Gasteiger partial charge is 0.357 e. The van der Waals surface area contributed by atoms with Crippen LogP contribution < -0.4 is 4.90 Å². The van der Waals surface area contributed by atoms with E-state index >= 15 is 0 Å². The molecule has 1 aromatic heterocycles. The molecule has 2 saturated heterocycles. The van der Waals surface area contributed by atoms with Gasteiger partial charge in [-0.3, -0.25) is 4.79 Å². The third-order valence-electron chi connectivity index (χ3n) is 5.52. The van der Waals surface area contributed by atoms with E-state index in [1.165, 1.54) is 6.42 Å². The third kappa shape index (κ3) is 3.45. The van der Waals surface area contributed by atoms with E-state index in [1.807, 2.05) is 18.2 Å². The highest BCUT2D eigenvalue weighted by Crippen LogP contribution is 2.29. The lowest BCUT2D eigenvalue weighted by Gasteiger charge is -2.36. The van der Waals surface area contributed by atoms with Crippen LogP contribution in [-0.2, 0) is 4.79 Å². The molecule has 2 aromatic rings. The first kappa shape index (κ1) is 16.6. The molecule has 2 aliphatic rings. The average molecular weight is 358 g/mol. The van der Waals surface area contributed by atoms with E-state index in [1.54, 1.807) is 0 Å². The number of halogens is 1. The van der Waals surface area contributed by atoms with Gasteiger partial charge in [-0.05, 0) is 43.6 Å². The Morgan fingerprint density at radius 3 is 2.52 bits per heavy atom. The van der Waals surface area contributed by atoms with Crippen LogP contribution in [0, 0.1) is 5.92 Å². The number of rotatable bonds is 2. The lowest BCUT2D eigenvalue weighted by molar-refractivity contribution is -0.137. The maximum atomic E-state index is 12.7. The number of likely N-dealkylation sites (tertiary alicyclic amines) is 1. The van der Waals surface area contributed by atoms with Gasteiger partial charge in [0.1, 0.15) is 11.0 Å². The molecule has 0 aliphatic carbocycles. The van der Waals surface area contributed by atoms with E-state index in [4.69, 9.17) is 11.6 Å². The second kappa shape index (κ2) is 7.20. The number of carbonyl (C=O) groups excluding carboxylic acids is 1. The monoisotopic (exact) mass is 357 g/mol. The molecule has 25 heavy (non-hydrogen) atoms. The number of pyridine rings is 1. The van der Waals surface area contributed by atoms with Gasteiger partial charge in [0, 0.05) is 37.5 Å². The van der Waals surface area contributed by atoms with Gasteiger partial charge in [0.15, 0.2) is 0 Å². The first-order chi connectivity index (χ1) is 12.2. The summed E-state index contributed by atoms with van der Waals surface area (Å²) in [4.78, 5) is 21.6. The van der Waals surface area contributed by atoms with Gasteiger partial charge < -0.3 is 9.80 Å². The average Bonchev–Trinajstić information content (AvgIpc) is 2.68. The Kier molecular flexibility index (Phi) is 4.80. The zero-order valence-corrected chi connectivity index (χ0v) is 15.2. The predicted molar refractivity (Wildman–Crippen MR) is 102 cm³/mol. The van der Waals surface area contributed by atoms with Crippen molar-refractivity contribution >= 4 is 34.1 Å². The normalized spacial score (nSPS) is 19.4. The maximum absolute atomic E-state index is 12.7. The molecule has 0 saturated carbocycles. The van der Waals surface area contributed by atoms with Crippen molar-refractivity contribution in [2.24, 2.45) is 5.92 Å². The molecule has 1 aromatic carbocycles. The fourth-order valence-electron chi connectivity index (χ4n) is 4.03. The predicted octanol–water partition coefficient (Wildman–Crippen LogP) is 4.12. The number of anilines is 1. The number of piperidine rings is 2. The number of aromatic nitrogens is 1. The highest BCUT2D eigenvalue weighted by Gasteiger charge is 2.29. The number of fused-ring (bicyclic) bond motifs is 1.